The van der Waals surface area contributed by atoms with E-state index in [2.05, 4.69) is 20.7 Å². The number of sulfonamides is 1. The smallest absolute Gasteiger partial charge is 0.261 e. The van der Waals surface area contributed by atoms with Crippen molar-refractivity contribution < 1.29 is 17.9 Å². The number of ether oxygens (including phenoxy) is 1. The zero-order chi connectivity index (χ0) is 18.7. The third kappa shape index (κ3) is 4.44. The summed E-state index contributed by atoms with van der Waals surface area (Å²) < 4.78 is 33.8. The van der Waals surface area contributed by atoms with Crippen LogP contribution in [-0.2, 0) is 14.8 Å². The number of amides is 1. The number of morpholine rings is 1. The molecule has 1 atom stereocenters. The fraction of sp³-hybridized carbons (Fsp3) is 0.278. The minimum absolute atomic E-state index is 0.00760. The van der Waals surface area contributed by atoms with Gasteiger partial charge in [0.25, 0.3) is 15.9 Å². The number of carbonyl (C=O) groups excluding carboxylic acids is 1. The molecule has 0 bridgehead atoms. The Balaban J connectivity index is 1.78. The van der Waals surface area contributed by atoms with Gasteiger partial charge in [0.1, 0.15) is 0 Å². The summed E-state index contributed by atoms with van der Waals surface area (Å²) in [5.74, 6) is -0.134. The van der Waals surface area contributed by atoms with Crippen LogP contribution in [0.2, 0.25) is 0 Å². The SMILES string of the molecule is CC1CN(C(=O)c2cccc(NS(=O)(=O)c3ccc(Br)cc3)c2)CCO1. The molecule has 6 nitrogen and oxygen atoms in total. The molecule has 0 radical (unpaired) electrons. The van der Waals surface area contributed by atoms with Crippen LogP contribution in [0, 0.1) is 0 Å². The summed E-state index contributed by atoms with van der Waals surface area (Å²) in [6.07, 6.45) is -0.00760. The van der Waals surface area contributed by atoms with Gasteiger partial charge in [0.15, 0.2) is 0 Å². The Labute approximate surface area is 161 Å². The molecule has 2 aromatic rings. The van der Waals surface area contributed by atoms with Gasteiger partial charge in [-0.15, -0.1) is 0 Å². The quantitative estimate of drug-likeness (QED) is 0.795. The molecule has 1 aliphatic rings. The lowest BCUT2D eigenvalue weighted by Crippen LogP contribution is -2.44. The van der Waals surface area contributed by atoms with E-state index in [0.29, 0.717) is 30.9 Å². The second kappa shape index (κ2) is 7.77. The molecule has 0 aromatic heterocycles. The molecule has 0 spiro atoms. The molecule has 1 amide bonds. The number of rotatable bonds is 4. The van der Waals surface area contributed by atoms with Crippen LogP contribution in [0.25, 0.3) is 0 Å². The zero-order valence-corrected chi connectivity index (χ0v) is 16.6. The fourth-order valence-electron chi connectivity index (χ4n) is 2.73. The van der Waals surface area contributed by atoms with Gasteiger partial charge in [-0.1, -0.05) is 22.0 Å². The van der Waals surface area contributed by atoms with Crippen molar-refractivity contribution in [1.82, 2.24) is 4.90 Å². The highest BCUT2D eigenvalue weighted by molar-refractivity contribution is 9.10. The van der Waals surface area contributed by atoms with E-state index >= 15 is 0 Å². The first-order valence-corrected chi connectivity index (χ1v) is 10.4. The largest absolute Gasteiger partial charge is 0.375 e. The van der Waals surface area contributed by atoms with Crippen LogP contribution in [0.15, 0.2) is 57.9 Å². The van der Waals surface area contributed by atoms with Gasteiger partial charge < -0.3 is 9.64 Å². The summed E-state index contributed by atoms with van der Waals surface area (Å²) >= 11 is 3.28. The molecule has 1 fully saturated rings. The molecule has 1 aliphatic heterocycles. The molecule has 0 saturated carbocycles. The van der Waals surface area contributed by atoms with Crippen LogP contribution < -0.4 is 4.72 Å². The molecule has 1 heterocycles. The molecule has 3 rings (SSSR count). The summed E-state index contributed by atoms with van der Waals surface area (Å²) in [5.41, 5.74) is 0.787. The second-order valence-electron chi connectivity index (χ2n) is 6.07. The molecule has 138 valence electrons. The number of halogens is 1. The fourth-order valence-corrected chi connectivity index (χ4v) is 4.04. The van der Waals surface area contributed by atoms with Gasteiger partial charge >= 0.3 is 0 Å². The lowest BCUT2D eigenvalue weighted by atomic mass is 10.1. The van der Waals surface area contributed by atoms with Crippen molar-refractivity contribution in [2.75, 3.05) is 24.4 Å². The Kier molecular flexibility index (Phi) is 5.64. The maximum absolute atomic E-state index is 12.7. The number of anilines is 1. The van der Waals surface area contributed by atoms with Crippen LogP contribution >= 0.6 is 15.9 Å². The number of hydrogen-bond acceptors (Lipinski definition) is 4. The van der Waals surface area contributed by atoms with Crippen molar-refractivity contribution in [3.05, 3.63) is 58.6 Å². The van der Waals surface area contributed by atoms with Crippen molar-refractivity contribution in [2.45, 2.75) is 17.9 Å². The van der Waals surface area contributed by atoms with Crippen LogP contribution in [0.3, 0.4) is 0 Å². The van der Waals surface area contributed by atoms with Crippen molar-refractivity contribution in [1.29, 1.82) is 0 Å². The van der Waals surface area contributed by atoms with Gasteiger partial charge in [-0.2, -0.15) is 0 Å². The van der Waals surface area contributed by atoms with Gasteiger partial charge in [0.2, 0.25) is 0 Å². The Morgan fingerprint density at radius 1 is 1.23 bits per heavy atom. The highest BCUT2D eigenvalue weighted by Gasteiger charge is 2.23. The van der Waals surface area contributed by atoms with E-state index < -0.39 is 10.0 Å². The maximum Gasteiger partial charge on any atom is 0.261 e. The standard InChI is InChI=1S/C18H19BrN2O4S/c1-13-12-21(9-10-25-13)18(22)14-3-2-4-16(11-14)20-26(23,24)17-7-5-15(19)6-8-17/h2-8,11,13,20H,9-10,12H2,1H3. The Hall–Kier alpha value is -1.90. The van der Waals surface area contributed by atoms with Crippen molar-refractivity contribution in [3.63, 3.8) is 0 Å². The normalized spacial score (nSPS) is 17.8. The Morgan fingerprint density at radius 3 is 2.65 bits per heavy atom. The predicted molar refractivity (Wildman–Crippen MR) is 103 cm³/mol. The molecule has 1 unspecified atom stereocenters. The lowest BCUT2D eigenvalue weighted by Gasteiger charge is -2.31. The van der Waals surface area contributed by atoms with E-state index in [1.807, 2.05) is 6.92 Å². The topological polar surface area (TPSA) is 75.7 Å². The van der Waals surface area contributed by atoms with E-state index in [9.17, 15) is 13.2 Å². The molecule has 2 aromatic carbocycles. The van der Waals surface area contributed by atoms with E-state index in [4.69, 9.17) is 4.74 Å². The molecule has 26 heavy (non-hydrogen) atoms. The lowest BCUT2D eigenvalue weighted by molar-refractivity contribution is -0.0124. The molecule has 8 heteroatoms. The minimum Gasteiger partial charge on any atom is -0.375 e. The van der Waals surface area contributed by atoms with E-state index in [0.717, 1.165) is 4.47 Å². The van der Waals surface area contributed by atoms with E-state index in [1.54, 1.807) is 41.3 Å². The molecular formula is C18H19BrN2O4S. The summed E-state index contributed by atoms with van der Waals surface area (Å²) in [6.45, 7) is 3.47. The van der Waals surface area contributed by atoms with Gasteiger partial charge in [0.05, 0.1) is 17.6 Å². The van der Waals surface area contributed by atoms with E-state index in [-0.39, 0.29) is 16.9 Å². The third-order valence-electron chi connectivity index (χ3n) is 4.01. The summed E-state index contributed by atoms with van der Waals surface area (Å²) in [5, 5.41) is 0. The van der Waals surface area contributed by atoms with Gasteiger partial charge in [-0.05, 0) is 49.4 Å². The van der Waals surface area contributed by atoms with Crippen LogP contribution in [0.1, 0.15) is 17.3 Å². The summed E-state index contributed by atoms with van der Waals surface area (Å²) in [7, 11) is -3.72. The average molecular weight is 439 g/mol. The van der Waals surface area contributed by atoms with Crippen molar-refractivity contribution in [3.8, 4) is 0 Å². The van der Waals surface area contributed by atoms with Crippen LogP contribution in [-0.4, -0.2) is 45.0 Å². The zero-order valence-electron chi connectivity index (χ0n) is 14.2. The van der Waals surface area contributed by atoms with Crippen molar-refractivity contribution in [2.24, 2.45) is 0 Å². The molecular weight excluding hydrogens is 420 g/mol. The van der Waals surface area contributed by atoms with Gasteiger partial charge in [-0.25, -0.2) is 8.42 Å². The monoisotopic (exact) mass is 438 g/mol. The molecule has 0 aliphatic carbocycles. The summed E-state index contributed by atoms with van der Waals surface area (Å²) in [4.78, 5) is 14.5. The Morgan fingerprint density at radius 2 is 1.96 bits per heavy atom. The highest BCUT2D eigenvalue weighted by atomic mass is 79.9. The number of nitrogens with one attached hydrogen (secondary N) is 1. The van der Waals surface area contributed by atoms with Gasteiger partial charge in [0, 0.05) is 28.8 Å². The van der Waals surface area contributed by atoms with Crippen LogP contribution in [0.4, 0.5) is 5.69 Å². The van der Waals surface area contributed by atoms with E-state index in [1.165, 1.54) is 12.1 Å². The highest BCUT2D eigenvalue weighted by Crippen LogP contribution is 2.20. The second-order valence-corrected chi connectivity index (χ2v) is 8.67. The first-order chi connectivity index (χ1) is 12.3. The number of nitrogens with zero attached hydrogens (tertiary/aromatic N) is 1. The first-order valence-electron chi connectivity index (χ1n) is 8.14. The third-order valence-corrected chi connectivity index (χ3v) is 5.94. The van der Waals surface area contributed by atoms with Crippen LogP contribution in [0.5, 0.6) is 0 Å². The molecule has 1 saturated heterocycles. The van der Waals surface area contributed by atoms with Gasteiger partial charge in [-0.3, -0.25) is 9.52 Å². The average Bonchev–Trinajstić information content (AvgIpc) is 2.61. The molecule has 1 N–H and O–H groups in total. The predicted octanol–water partition coefficient (Wildman–Crippen LogP) is 3.11. The minimum atomic E-state index is -3.72. The maximum atomic E-state index is 12.7. The summed E-state index contributed by atoms with van der Waals surface area (Å²) in [6, 6.07) is 12.9. The number of carbonyl (C=O) groups is 1. The number of benzene rings is 2. The number of hydrogen-bond donors (Lipinski definition) is 1. The first kappa shape index (κ1) is 18.9. The van der Waals surface area contributed by atoms with Crippen molar-refractivity contribution >= 4 is 37.5 Å². The Bertz CT molecular complexity index is 900.